The van der Waals surface area contributed by atoms with E-state index in [1.54, 1.807) is 5.57 Å². The van der Waals surface area contributed by atoms with Crippen LogP contribution in [0.15, 0.2) is 16.4 Å². The first-order valence-corrected chi connectivity index (χ1v) is 5.70. The van der Waals surface area contributed by atoms with Gasteiger partial charge in [-0.2, -0.15) is 5.10 Å². The lowest BCUT2D eigenvalue weighted by Crippen LogP contribution is -2.14. The molecular weight excluding hydrogens is 172 g/mol. The van der Waals surface area contributed by atoms with Crippen LogP contribution < -0.4 is 0 Å². The van der Waals surface area contributed by atoms with E-state index in [-0.39, 0.29) is 0 Å². The molecule has 0 bridgehead atoms. The Hall–Kier alpha value is -0.790. The van der Waals surface area contributed by atoms with Gasteiger partial charge in [-0.1, -0.05) is 13.8 Å². The Morgan fingerprint density at radius 1 is 1.14 bits per heavy atom. The summed E-state index contributed by atoms with van der Waals surface area (Å²) in [6.07, 6.45) is 6.31. The largest absolute Gasteiger partial charge is 0.273 e. The monoisotopic (exact) mass is 192 g/mol. The van der Waals surface area contributed by atoms with Crippen molar-refractivity contribution in [1.82, 2.24) is 5.01 Å². The molecule has 1 fully saturated rings. The first-order valence-electron chi connectivity index (χ1n) is 5.70. The van der Waals surface area contributed by atoms with Gasteiger partial charge in [0, 0.05) is 18.5 Å². The van der Waals surface area contributed by atoms with E-state index in [0.717, 1.165) is 0 Å². The fourth-order valence-corrected chi connectivity index (χ4v) is 2.06. The minimum absolute atomic E-state index is 0.598. The van der Waals surface area contributed by atoms with Crippen LogP contribution in [0.2, 0.25) is 0 Å². The van der Waals surface area contributed by atoms with Crippen LogP contribution in [0.1, 0.15) is 46.0 Å². The van der Waals surface area contributed by atoms with Gasteiger partial charge in [0.05, 0.1) is 0 Å². The number of nitrogens with zero attached hydrogens (tertiary/aromatic N) is 2. The third-order valence-corrected chi connectivity index (χ3v) is 3.09. The Balaban J connectivity index is 2.18. The molecule has 0 aromatic heterocycles. The summed E-state index contributed by atoms with van der Waals surface area (Å²) >= 11 is 0. The third kappa shape index (κ3) is 1.99. The topological polar surface area (TPSA) is 15.6 Å². The minimum Gasteiger partial charge on any atom is -0.273 e. The SMILES string of the molecule is CC(C)C1=NN(C)C(=C2CC2)CCC1. The molecule has 1 aliphatic heterocycles. The number of allylic oxidation sites excluding steroid dienone is 2. The zero-order valence-electron chi connectivity index (χ0n) is 9.51. The predicted octanol–water partition coefficient (Wildman–Crippen LogP) is 3.16. The van der Waals surface area contributed by atoms with Crippen molar-refractivity contribution in [3.63, 3.8) is 0 Å². The second kappa shape index (κ2) is 3.76. The molecule has 1 heterocycles. The first kappa shape index (κ1) is 9.75. The molecule has 0 N–H and O–H groups in total. The highest BCUT2D eigenvalue weighted by molar-refractivity contribution is 5.86. The van der Waals surface area contributed by atoms with Crippen LogP contribution in [-0.2, 0) is 0 Å². The van der Waals surface area contributed by atoms with E-state index in [0.29, 0.717) is 5.92 Å². The summed E-state index contributed by atoms with van der Waals surface area (Å²) in [6.45, 7) is 4.48. The van der Waals surface area contributed by atoms with Crippen molar-refractivity contribution in [3.8, 4) is 0 Å². The van der Waals surface area contributed by atoms with Crippen LogP contribution in [0.5, 0.6) is 0 Å². The van der Waals surface area contributed by atoms with Gasteiger partial charge >= 0.3 is 0 Å². The molecule has 2 rings (SSSR count). The predicted molar refractivity (Wildman–Crippen MR) is 60.1 cm³/mol. The summed E-state index contributed by atoms with van der Waals surface area (Å²) in [5.41, 5.74) is 4.51. The summed E-state index contributed by atoms with van der Waals surface area (Å²) in [7, 11) is 2.11. The van der Waals surface area contributed by atoms with Crippen molar-refractivity contribution < 1.29 is 0 Å². The highest BCUT2D eigenvalue weighted by Gasteiger charge is 2.22. The molecule has 78 valence electrons. The van der Waals surface area contributed by atoms with Gasteiger partial charge < -0.3 is 0 Å². The van der Waals surface area contributed by atoms with E-state index in [1.807, 2.05) is 0 Å². The molecule has 0 spiro atoms. The second-order valence-electron chi connectivity index (χ2n) is 4.67. The average Bonchev–Trinajstić information content (AvgIpc) is 2.89. The Bertz CT molecular complexity index is 281. The summed E-state index contributed by atoms with van der Waals surface area (Å²) in [5, 5.41) is 6.84. The number of hydrogen-bond acceptors (Lipinski definition) is 2. The molecule has 2 aliphatic rings. The molecule has 0 aromatic carbocycles. The normalized spacial score (nSPS) is 22.6. The van der Waals surface area contributed by atoms with Gasteiger partial charge in [-0.15, -0.1) is 0 Å². The lowest BCUT2D eigenvalue weighted by atomic mass is 10.0. The van der Waals surface area contributed by atoms with Crippen molar-refractivity contribution in [2.45, 2.75) is 46.0 Å². The highest BCUT2D eigenvalue weighted by atomic mass is 15.4. The standard InChI is InChI=1S/C12H20N2/c1-9(2)11-5-4-6-12(10-7-8-10)14(3)13-11/h9H,4-8H2,1-3H3. The van der Waals surface area contributed by atoms with Gasteiger partial charge in [-0.3, -0.25) is 5.01 Å². The van der Waals surface area contributed by atoms with E-state index in [1.165, 1.54) is 43.5 Å². The molecule has 2 heteroatoms. The summed E-state index contributed by atoms with van der Waals surface area (Å²) in [4.78, 5) is 0. The molecule has 0 amide bonds. The van der Waals surface area contributed by atoms with Crippen LogP contribution in [0.4, 0.5) is 0 Å². The first-order chi connectivity index (χ1) is 6.68. The van der Waals surface area contributed by atoms with Crippen molar-refractivity contribution in [2.75, 3.05) is 7.05 Å². The molecule has 1 saturated carbocycles. The summed E-state index contributed by atoms with van der Waals surface area (Å²) in [6, 6.07) is 0. The lowest BCUT2D eigenvalue weighted by molar-refractivity contribution is 0.428. The van der Waals surface area contributed by atoms with Crippen LogP contribution >= 0.6 is 0 Å². The molecular formula is C12H20N2. The van der Waals surface area contributed by atoms with E-state index >= 15 is 0 Å². The van der Waals surface area contributed by atoms with Crippen molar-refractivity contribution in [3.05, 3.63) is 11.3 Å². The van der Waals surface area contributed by atoms with Crippen LogP contribution in [0.25, 0.3) is 0 Å². The van der Waals surface area contributed by atoms with Gasteiger partial charge in [0.15, 0.2) is 0 Å². The zero-order valence-corrected chi connectivity index (χ0v) is 9.51. The Morgan fingerprint density at radius 2 is 1.86 bits per heavy atom. The van der Waals surface area contributed by atoms with E-state index < -0.39 is 0 Å². The molecule has 0 atom stereocenters. The molecule has 14 heavy (non-hydrogen) atoms. The molecule has 0 unspecified atom stereocenters. The molecule has 0 radical (unpaired) electrons. The number of rotatable bonds is 1. The maximum atomic E-state index is 4.71. The van der Waals surface area contributed by atoms with Crippen LogP contribution in [0.3, 0.4) is 0 Å². The van der Waals surface area contributed by atoms with Crippen molar-refractivity contribution in [1.29, 1.82) is 0 Å². The minimum atomic E-state index is 0.598. The van der Waals surface area contributed by atoms with Gasteiger partial charge in [0.1, 0.15) is 0 Å². The quantitative estimate of drug-likeness (QED) is 0.623. The maximum Gasteiger partial charge on any atom is 0.0410 e. The maximum absolute atomic E-state index is 4.71. The van der Waals surface area contributed by atoms with Gasteiger partial charge in [0.2, 0.25) is 0 Å². The smallest absolute Gasteiger partial charge is 0.0410 e. The summed E-state index contributed by atoms with van der Waals surface area (Å²) in [5.74, 6) is 0.598. The fourth-order valence-electron chi connectivity index (χ4n) is 2.06. The molecule has 1 aliphatic carbocycles. The van der Waals surface area contributed by atoms with E-state index in [9.17, 15) is 0 Å². The highest BCUT2D eigenvalue weighted by Crippen LogP contribution is 2.36. The second-order valence-corrected chi connectivity index (χ2v) is 4.67. The third-order valence-electron chi connectivity index (χ3n) is 3.09. The van der Waals surface area contributed by atoms with Gasteiger partial charge in [-0.05, 0) is 43.6 Å². The van der Waals surface area contributed by atoms with Crippen LogP contribution in [-0.4, -0.2) is 17.8 Å². The zero-order chi connectivity index (χ0) is 10.1. The average molecular weight is 192 g/mol. The molecule has 0 saturated heterocycles. The lowest BCUT2D eigenvalue weighted by Gasteiger charge is -2.16. The summed E-state index contributed by atoms with van der Waals surface area (Å²) < 4.78 is 0. The van der Waals surface area contributed by atoms with Gasteiger partial charge in [0.25, 0.3) is 0 Å². The molecule has 2 nitrogen and oxygen atoms in total. The Kier molecular flexibility index (Phi) is 2.62. The van der Waals surface area contributed by atoms with E-state index in [4.69, 9.17) is 5.10 Å². The van der Waals surface area contributed by atoms with E-state index in [2.05, 4.69) is 25.9 Å². The van der Waals surface area contributed by atoms with Crippen molar-refractivity contribution in [2.24, 2.45) is 11.0 Å². The fraction of sp³-hybridized carbons (Fsp3) is 0.750. The Morgan fingerprint density at radius 3 is 2.43 bits per heavy atom. The Labute approximate surface area is 86.7 Å². The van der Waals surface area contributed by atoms with Crippen LogP contribution in [0, 0.1) is 5.92 Å². The number of hydrazone groups is 1. The number of hydrogen-bond donors (Lipinski definition) is 0. The molecule has 0 aromatic rings. The van der Waals surface area contributed by atoms with Crippen molar-refractivity contribution >= 4 is 5.71 Å². The van der Waals surface area contributed by atoms with Gasteiger partial charge in [-0.25, -0.2) is 0 Å².